The Morgan fingerprint density at radius 1 is 1.00 bits per heavy atom. The largest absolute Gasteiger partial charge is 0.497 e. The van der Waals surface area contributed by atoms with E-state index in [1.807, 2.05) is 12.1 Å². The van der Waals surface area contributed by atoms with Gasteiger partial charge in [0.15, 0.2) is 0 Å². The van der Waals surface area contributed by atoms with E-state index in [9.17, 15) is 0 Å². The van der Waals surface area contributed by atoms with Gasteiger partial charge in [0.2, 0.25) is 0 Å². The van der Waals surface area contributed by atoms with Gasteiger partial charge >= 0.3 is 0 Å². The smallest absolute Gasteiger partial charge is 0.118 e. The molecule has 0 amide bonds. The van der Waals surface area contributed by atoms with Crippen LogP contribution in [0.5, 0.6) is 5.75 Å². The molecule has 0 radical (unpaired) electrons. The Hall–Kier alpha value is -1.80. The number of methoxy groups -OCH3 is 1. The fourth-order valence-electron chi connectivity index (χ4n) is 2.83. The Bertz CT molecular complexity index is 587. The molecule has 1 aliphatic rings. The minimum absolute atomic E-state index is 0.905. The number of ether oxygens (including phenoxy) is 1. The van der Waals surface area contributed by atoms with E-state index in [1.165, 1.54) is 27.8 Å². The monoisotopic (exact) mass is 253 g/mol. The van der Waals surface area contributed by atoms with E-state index < -0.39 is 0 Å². The van der Waals surface area contributed by atoms with Crippen molar-refractivity contribution in [3.05, 3.63) is 53.1 Å². The molecule has 2 nitrogen and oxygen atoms in total. The topological polar surface area (TPSA) is 21.3 Å². The van der Waals surface area contributed by atoms with Crippen molar-refractivity contribution < 1.29 is 4.74 Å². The first-order valence-corrected chi connectivity index (χ1v) is 6.76. The van der Waals surface area contributed by atoms with Crippen molar-refractivity contribution >= 4 is 0 Å². The zero-order chi connectivity index (χ0) is 13.2. The quantitative estimate of drug-likeness (QED) is 0.886. The zero-order valence-electron chi connectivity index (χ0n) is 11.5. The average molecular weight is 253 g/mol. The highest BCUT2D eigenvalue weighted by Gasteiger charge is 2.15. The van der Waals surface area contributed by atoms with Gasteiger partial charge in [-0.05, 0) is 59.8 Å². The molecule has 2 heteroatoms. The predicted octanol–water partition coefficient (Wildman–Crippen LogP) is 3.32. The van der Waals surface area contributed by atoms with E-state index in [2.05, 4.69) is 36.5 Å². The first-order chi connectivity index (χ1) is 9.29. The van der Waals surface area contributed by atoms with Crippen molar-refractivity contribution in [2.75, 3.05) is 13.7 Å². The van der Waals surface area contributed by atoms with E-state index in [0.29, 0.717) is 0 Å². The van der Waals surface area contributed by atoms with Crippen molar-refractivity contribution in [3.63, 3.8) is 0 Å². The maximum absolute atomic E-state index is 5.22. The molecule has 98 valence electrons. The number of hydrogen-bond donors (Lipinski definition) is 1. The van der Waals surface area contributed by atoms with Gasteiger partial charge in [-0.2, -0.15) is 0 Å². The lowest BCUT2D eigenvalue weighted by Gasteiger charge is -2.22. The van der Waals surface area contributed by atoms with E-state index in [4.69, 9.17) is 4.74 Å². The molecule has 0 saturated carbocycles. The molecule has 0 aromatic heterocycles. The number of rotatable bonds is 2. The molecule has 19 heavy (non-hydrogen) atoms. The van der Waals surface area contributed by atoms with Gasteiger partial charge in [-0.3, -0.25) is 0 Å². The number of hydrogen-bond acceptors (Lipinski definition) is 2. The highest BCUT2D eigenvalue weighted by molar-refractivity contribution is 5.70. The van der Waals surface area contributed by atoms with Crippen LogP contribution < -0.4 is 10.1 Å². The van der Waals surface area contributed by atoms with Crippen LogP contribution in [0.1, 0.15) is 16.7 Å². The summed E-state index contributed by atoms with van der Waals surface area (Å²) >= 11 is 0. The normalized spacial score (nSPS) is 14.0. The Balaban J connectivity index is 2.09. The minimum Gasteiger partial charge on any atom is -0.497 e. The lowest BCUT2D eigenvalue weighted by Crippen LogP contribution is -2.25. The second-order valence-corrected chi connectivity index (χ2v) is 5.04. The van der Waals surface area contributed by atoms with Crippen LogP contribution in [0, 0.1) is 6.92 Å². The summed E-state index contributed by atoms with van der Waals surface area (Å²) in [5, 5.41) is 3.48. The van der Waals surface area contributed by atoms with Gasteiger partial charge in [-0.25, -0.2) is 0 Å². The van der Waals surface area contributed by atoms with Crippen LogP contribution >= 0.6 is 0 Å². The van der Waals surface area contributed by atoms with Crippen molar-refractivity contribution in [2.45, 2.75) is 19.9 Å². The molecule has 0 saturated heterocycles. The zero-order valence-corrected chi connectivity index (χ0v) is 11.5. The highest BCUT2D eigenvalue weighted by Crippen LogP contribution is 2.31. The molecule has 0 atom stereocenters. The summed E-state index contributed by atoms with van der Waals surface area (Å²) in [6.45, 7) is 4.26. The summed E-state index contributed by atoms with van der Waals surface area (Å²) in [5.74, 6) is 0.905. The Kier molecular flexibility index (Phi) is 3.26. The van der Waals surface area contributed by atoms with Gasteiger partial charge in [-0.15, -0.1) is 0 Å². The third-order valence-electron chi connectivity index (χ3n) is 3.92. The summed E-state index contributed by atoms with van der Waals surface area (Å²) in [5.41, 5.74) is 6.99. The molecule has 0 unspecified atom stereocenters. The van der Waals surface area contributed by atoms with Crippen LogP contribution in [0.3, 0.4) is 0 Å². The molecule has 3 rings (SSSR count). The lowest BCUT2D eigenvalue weighted by atomic mass is 9.89. The van der Waals surface area contributed by atoms with E-state index in [-0.39, 0.29) is 0 Å². The molecule has 2 aromatic carbocycles. The molecule has 0 fully saturated rings. The van der Waals surface area contributed by atoms with Crippen LogP contribution in [-0.4, -0.2) is 13.7 Å². The summed E-state index contributed by atoms with van der Waals surface area (Å²) < 4.78 is 5.22. The van der Waals surface area contributed by atoms with Gasteiger partial charge in [0.05, 0.1) is 7.11 Å². The first-order valence-electron chi connectivity index (χ1n) is 6.76. The third kappa shape index (κ3) is 2.24. The number of benzene rings is 2. The molecular weight excluding hydrogens is 234 g/mol. The fourth-order valence-corrected chi connectivity index (χ4v) is 2.83. The molecule has 0 spiro atoms. The molecular formula is C17H19NO. The summed E-state index contributed by atoms with van der Waals surface area (Å²) in [6, 6.07) is 12.8. The second-order valence-electron chi connectivity index (χ2n) is 5.04. The summed E-state index contributed by atoms with van der Waals surface area (Å²) in [6.07, 6.45) is 1.13. The van der Waals surface area contributed by atoms with E-state index in [0.717, 1.165) is 25.3 Å². The molecule has 1 aliphatic heterocycles. The van der Waals surface area contributed by atoms with Gasteiger partial charge in [0, 0.05) is 6.54 Å². The highest BCUT2D eigenvalue weighted by atomic mass is 16.5. The Morgan fingerprint density at radius 2 is 1.79 bits per heavy atom. The summed E-state index contributed by atoms with van der Waals surface area (Å²) in [7, 11) is 1.70. The fraction of sp³-hybridized carbons (Fsp3) is 0.294. The predicted molar refractivity (Wildman–Crippen MR) is 78.6 cm³/mol. The van der Waals surface area contributed by atoms with Crippen molar-refractivity contribution in [1.82, 2.24) is 5.32 Å². The molecule has 1 N–H and O–H groups in total. The Morgan fingerprint density at radius 3 is 2.53 bits per heavy atom. The van der Waals surface area contributed by atoms with Crippen molar-refractivity contribution in [3.8, 4) is 16.9 Å². The first kappa shape index (κ1) is 12.2. The maximum atomic E-state index is 5.22. The van der Waals surface area contributed by atoms with Crippen LogP contribution in [0.4, 0.5) is 0 Å². The van der Waals surface area contributed by atoms with Gasteiger partial charge in [0.25, 0.3) is 0 Å². The molecule has 0 aliphatic carbocycles. The van der Waals surface area contributed by atoms with Crippen LogP contribution in [0.25, 0.3) is 11.1 Å². The van der Waals surface area contributed by atoms with E-state index in [1.54, 1.807) is 7.11 Å². The Labute approximate surface area is 114 Å². The molecule has 1 heterocycles. The van der Waals surface area contributed by atoms with Crippen molar-refractivity contribution in [2.24, 2.45) is 0 Å². The van der Waals surface area contributed by atoms with Crippen LogP contribution in [0.2, 0.25) is 0 Å². The lowest BCUT2D eigenvalue weighted by molar-refractivity contribution is 0.415. The van der Waals surface area contributed by atoms with E-state index >= 15 is 0 Å². The van der Waals surface area contributed by atoms with Crippen LogP contribution in [-0.2, 0) is 13.0 Å². The SMILES string of the molecule is COc1ccc(-c2ccc(C)c3c2CNCC3)cc1. The van der Waals surface area contributed by atoms with Gasteiger partial charge in [-0.1, -0.05) is 24.3 Å². The van der Waals surface area contributed by atoms with Crippen molar-refractivity contribution in [1.29, 1.82) is 0 Å². The second kappa shape index (κ2) is 5.06. The minimum atomic E-state index is 0.905. The third-order valence-corrected chi connectivity index (χ3v) is 3.92. The number of fused-ring (bicyclic) bond motifs is 1. The van der Waals surface area contributed by atoms with Gasteiger partial charge in [0.1, 0.15) is 5.75 Å². The molecule has 2 aromatic rings. The van der Waals surface area contributed by atoms with Crippen LogP contribution in [0.15, 0.2) is 36.4 Å². The molecule has 0 bridgehead atoms. The maximum Gasteiger partial charge on any atom is 0.118 e. The average Bonchev–Trinajstić information content (AvgIpc) is 2.48. The number of nitrogens with one attached hydrogen (secondary N) is 1. The number of aryl methyl sites for hydroxylation is 1. The van der Waals surface area contributed by atoms with Gasteiger partial charge < -0.3 is 10.1 Å². The standard InChI is InChI=1S/C17H19NO/c1-12-3-8-16(17-11-18-10-9-15(12)17)13-4-6-14(19-2)7-5-13/h3-8,18H,9-11H2,1-2H3. The summed E-state index contributed by atoms with van der Waals surface area (Å²) in [4.78, 5) is 0.